The number of rotatable bonds is 5. The predicted molar refractivity (Wildman–Crippen MR) is 107 cm³/mol. The lowest BCUT2D eigenvalue weighted by molar-refractivity contribution is -0.113. The summed E-state index contributed by atoms with van der Waals surface area (Å²) in [7, 11) is 0. The number of halogens is 1. The number of aromatic nitrogens is 2. The molecule has 1 aromatic heterocycles. The van der Waals surface area contributed by atoms with Gasteiger partial charge in [-0.15, -0.1) is 0 Å². The molecule has 0 aliphatic carbocycles. The average Bonchev–Trinajstić information content (AvgIpc) is 2.61. The van der Waals surface area contributed by atoms with Crippen LogP contribution in [0.15, 0.2) is 45.4 Å². The van der Waals surface area contributed by atoms with Crippen LogP contribution in [0.2, 0.25) is 0 Å². The molecule has 3 rings (SSSR count). The summed E-state index contributed by atoms with van der Waals surface area (Å²) in [5.41, 5.74) is 5.63. The molecule has 0 fully saturated rings. The van der Waals surface area contributed by atoms with Crippen molar-refractivity contribution in [2.75, 3.05) is 16.8 Å². The number of carbonyl (C=O) groups is 1. The number of anilines is 1. The van der Waals surface area contributed by atoms with Gasteiger partial charge in [-0.05, 0) is 31.5 Å². The number of H-pyrrole nitrogens is 1. The molecule has 0 radical (unpaired) electrons. The first-order valence-electron chi connectivity index (χ1n) is 8.12. The highest BCUT2D eigenvalue weighted by Crippen LogP contribution is 2.37. The maximum Gasteiger partial charge on any atom is 0.251 e. The molecule has 1 atom stereocenters. The van der Waals surface area contributed by atoms with Crippen LogP contribution >= 0.6 is 23.5 Å². The fourth-order valence-electron chi connectivity index (χ4n) is 2.65. The molecule has 7 nitrogen and oxygen atoms in total. The molecule has 0 bridgehead atoms. The van der Waals surface area contributed by atoms with Crippen LogP contribution in [0, 0.1) is 5.82 Å². The summed E-state index contributed by atoms with van der Waals surface area (Å²) in [5, 5.41) is 3.52. The molecule has 0 saturated carbocycles. The van der Waals surface area contributed by atoms with E-state index in [9.17, 15) is 14.0 Å². The van der Waals surface area contributed by atoms with Crippen molar-refractivity contribution >= 4 is 40.3 Å². The van der Waals surface area contributed by atoms with Crippen molar-refractivity contribution in [3.05, 3.63) is 52.2 Å². The van der Waals surface area contributed by atoms with Crippen molar-refractivity contribution < 1.29 is 9.18 Å². The van der Waals surface area contributed by atoms with Gasteiger partial charge in [-0.3, -0.25) is 14.6 Å². The number of hydrogen-bond acceptors (Lipinski definition) is 7. The van der Waals surface area contributed by atoms with Crippen LogP contribution in [0.4, 0.5) is 10.1 Å². The maximum absolute atomic E-state index is 14.4. The molecular weight excluding hydrogens is 389 g/mol. The van der Waals surface area contributed by atoms with Gasteiger partial charge >= 0.3 is 0 Å². The Morgan fingerprint density at radius 3 is 3.04 bits per heavy atom. The Morgan fingerprint density at radius 2 is 2.30 bits per heavy atom. The molecule has 10 heteroatoms. The minimum absolute atomic E-state index is 0.0542. The van der Waals surface area contributed by atoms with Gasteiger partial charge < -0.3 is 16.0 Å². The second-order valence-corrected chi connectivity index (χ2v) is 8.17. The van der Waals surface area contributed by atoms with E-state index in [2.05, 4.69) is 20.3 Å². The number of thioether (sulfide) groups is 2. The summed E-state index contributed by atoms with van der Waals surface area (Å²) < 4.78 is 14.4. The number of nitrogens with two attached hydrogens (primary N) is 1. The monoisotopic (exact) mass is 407 g/mol. The number of aliphatic imine (C=N–C) groups is 1. The van der Waals surface area contributed by atoms with E-state index in [0.29, 0.717) is 28.0 Å². The molecule has 0 spiro atoms. The molecule has 2 heterocycles. The summed E-state index contributed by atoms with van der Waals surface area (Å²) >= 11 is 2.55. The summed E-state index contributed by atoms with van der Waals surface area (Å²) in [5.74, 6) is 0.121. The molecular formula is C17H18FN5O2S2. The standard InChI is InChI=1S/C17H18FN5O2S2/c1-17(5-7-26-15(19)23-17)11-8-10(2-3-12(11)18)21-14(25)9-27-16-20-6-4-13(24)22-16/h2-4,6,8H,5,7,9H2,1H3,(H2,19,23)(H,21,25)(H,20,22,24)/t17-/m0/s1. The zero-order valence-electron chi connectivity index (χ0n) is 14.5. The van der Waals surface area contributed by atoms with Crippen molar-refractivity contribution in [2.24, 2.45) is 10.7 Å². The Balaban J connectivity index is 1.71. The number of amides is 1. The van der Waals surface area contributed by atoms with Gasteiger partial charge in [-0.2, -0.15) is 0 Å². The molecule has 1 aliphatic rings. The first-order valence-corrected chi connectivity index (χ1v) is 10.1. The summed E-state index contributed by atoms with van der Waals surface area (Å²) in [4.78, 5) is 34.3. The Morgan fingerprint density at radius 1 is 1.48 bits per heavy atom. The van der Waals surface area contributed by atoms with Crippen molar-refractivity contribution in [3.63, 3.8) is 0 Å². The van der Waals surface area contributed by atoms with Crippen LogP contribution in [0.1, 0.15) is 18.9 Å². The number of nitrogens with one attached hydrogen (secondary N) is 2. The zero-order valence-corrected chi connectivity index (χ0v) is 16.1. The Kier molecular flexibility index (Phi) is 5.85. The molecule has 1 aliphatic heterocycles. The van der Waals surface area contributed by atoms with Crippen molar-refractivity contribution in [3.8, 4) is 0 Å². The fourth-order valence-corrected chi connectivity index (χ4v) is 4.28. The first-order chi connectivity index (χ1) is 12.9. The third-order valence-electron chi connectivity index (χ3n) is 4.01. The van der Waals surface area contributed by atoms with Gasteiger partial charge in [0.05, 0.1) is 11.3 Å². The van der Waals surface area contributed by atoms with Crippen molar-refractivity contribution in [1.29, 1.82) is 0 Å². The van der Waals surface area contributed by atoms with Gasteiger partial charge in [-0.25, -0.2) is 9.37 Å². The highest BCUT2D eigenvalue weighted by molar-refractivity contribution is 8.13. The van der Waals surface area contributed by atoms with Crippen LogP contribution in [-0.2, 0) is 10.3 Å². The quantitative estimate of drug-likeness (QED) is 0.518. The first kappa shape index (κ1) is 19.4. The zero-order chi connectivity index (χ0) is 19.4. The molecule has 1 amide bonds. The van der Waals surface area contributed by atoms with Crippen molar-refractivity contribution in [1.82, 2.24) is 9.97 Å². The number of nitrogens with zero attached hydrogens (tertiary/aromatic N) is 2. The van der Waals surface area contributed by atoms with Crippen molar-refractivity contribution in [2.45, 2.75) is 24.0 Å². The smallest absolute Gasteiger partial charge is 0.251 e. The van der Waals surface area contributed by atoms with E-state index in [-0.39, 0.29) is 23.0 Å². The highest BCUT2D eigenvalue weighted by atomic mass is 32.2. The minimum Gasteiger partial charge on any atom is -0.379 e. The topological polar surface area (TPSA) is 113 Å². The number of carbonyl (C=O) groups excluding carboxylic acids is 1. The van der Waals surface area contributed by atoms with Gasteiger partial charge in [0, 0.05) is 29.3 Å². The Bertz CT molecular complexity index is 949. The van der Waals surface area contributed by atoms with E-state index in [0.717, 1.165) is 17.5 Å². The third kappa shape index (κ3) is 4.89. The maximum atomic E-state index is 14.4. The second kappa shape index (κ2) is 8.13. The fraction of sp³-hybridized carbons (Fsp3) is 0.294. The second-order valence-electron chi connectivity index (χ2n) is 6.09. The van der Waals surface area contributed by atoms with Crippen LogP contribution in [0.25, 0.3) is 0 Å². The normalized spacial score (nSPS) is 19.4. The van der Waals surface area contributed by atoms with Gasteiger partial charge in [0.15, 0.2) is 10.3 Å². The largest absolute Gasteiger partial charge is 0.379 e. The van der Waals surface area contributed by atoms with E-state index in [1.54, 1.807) is 6.07 Å². The van der Waals surface area contributed by atoms with E-state index < -0.39 is 5.54 Å². The number of aromatic amines is 1. The predicted octanol–water partition coefficient (Wildman–Crippen LogP) is 2.31. The molecule has 1 aromatic carbocycles. The van der Waals surface area contributed by atoms with Gasteiger partial charge in [0.2, 0.25) is 5.91 Å². The molecule has 0 saturated heterocycles. The SMILES string of the molecule is C[C@@]1(c2cc(NC(=O)CSc3nccc(=O)[nH]3)ccc2F)CCSC(N)=N1. The molecule has 4 N–H and O–H groups in total. The number of hydrogen-bond donors (Lipinski definition) is 3. The summed E-state index contributed by atoms with van der Waals surface area (Å²) in [6, 6.07) is 5.70. The van der Waals surface area contributed by atoms with Crippen LogP contribution in [0.5, 0.6) is 0 Å². The van der Waals surface area contributed by atoms with Crippen LogP contribution in [0.3, 0.4) is 0 Å². The van der Waals surface area contributed by atoms with E-state index >= 15 is 0 Å². The van der Waals surface area contributed by atoms with Gasteiger partial charge in [-0.1, -0.05) is 23.5 Å². The summed E-state index contributed by atoms with van der Waals surface area (Å²) in [6.07, 6.45) is 2.02. The molecule has 0 unspecified atom stereocenters. The lowest BCUT2D eigenvalue weighted by atomic mass is 9.89. The summed E-state index contributed by atoms with van der Waals surface area (Å²) in [6.45, 7) is 1.83. The lowest BCUT2D eigenvalue weighted by Gasteiger charge is -2.30. The number of benzene rings is 1. The van der Waals surface area contributed by atoms with Gasteiger partial charge in [0.1, 0.15) is 5.82 Å². The lowest BCUT2D eigenvalue weighted by Crippen LogP contribution is -2.30. The van der Waals surface area contributed by atoms with E-state index in [1.807, 2.05) is 6.92 Å². The Hall–Kier alpha value is -2.33. The Labute approximate surface area is 163 Å². The van der Waals surface area contributed by atoms with Gasteiger partial charge in [0.25, 0.3) is 5.56 Å². The third-order valence-corrected chi connectivity index (χ3v) is 5.70. The number of amidine groups is 1. The minimum atomic E-state index is -0.762. The molecule has 27 heavy (non-hydrogen) atoms. The highest BCUT2D eigenvalue weighted by Gasteiger charge is 2.32. The van der Waals surface area contributed by atoms with Crippen LogP contribution in [-0.4, -0.2) is 32.5 Å². The van der Waals surface area contributed by atoms with E-state index in [1.165, 1.54) is 36.2 Å². The molecule has 2 aromatic rings. The average molecular weight is 407 g/mol. The molecule has 142 valence electrons. The van der Waals surface area contributed by atoms with E-state index in [4.69, 9.17) is 5.73 Å². The van der Waals surface area contributed by atoms with Crippen LogP contribution < -0.4 is 16.6 Å².